The molecule has 1 unspecified atom stereocenters. The van der Waals surface area contributed by atoms with Crippen molar-refractivity contribution in [2.45, 2.75) is 25.8 Å². The topological polar surface area (TPSA) is 78.1 Å². The maximum atomic E-state index is 12.9. The predicted octanol–water partition coefficient (Wildman–Crippen LogP) is 3.13. The molecular weight excluding hydrogens is 364 g/mol. The van der Waals surface area contributed by atoms with Crippen LogP contribution in [0.5, 0.6) is 0 Å². The van der Waals surface area contributed by atoms with E-state index in [1.807, 2.05) is 24.3 Å². The van der Waals surface area contributed by atoms with Crippen LogP contribution in [0.3, 0.4) is 0 Å². The summed E-state index contributed by atoms with van der Waals surface area (Å²) in [5.41, 5.74) is 1.16. The fourth-order valence-electron chi connectivity index (χ4n) is 4.03. The minimum atomic E-state index is -0.290. The number of rotatable bonds is 5. The molecule has 29 heavy (non-hydrogen) atoms. The van der Waals surface area contributed by atoms with Crippen molar-refractivity contribution in [3.8, 4) is 0 Å². The average Bonchev–Trinajstić information content (AvgIpc) is 2.76. The van der Waals surface area contributed by atoms with Gasteiger partial charge in [0, 0.05) is 11.9 Å². The van der Waals surface area contributed by atoms with Gasteiger partial charge in [0.25, 0.3) is 11.5 Å². The molecule has 0 saturated carbocycles. The van der Waals surface area contributed by atoms with Gasteiger partial charge >= 0.3 is 0 Å². The van der Waals surface area contributed by atoms with Crippen molar-refractivity contribution in [3.05, 3.63) is 76.2 Å². The van der Waals surface area contributed by atoms with Gasteiger partial charge in [0.15, 0.2) is 5.69 Å². The van der Waals surface area contributed by atoms with E-state index in [0.717, 1.165) is 19.0 Å². The molecule has 1 fully saturated rings. The molecule has 4 rings (SSSR count). The third-order valence-electron chi connectivity index (χ3n) is 5.81. The maximum absolute atomic E-state index is 12.9. The van der Waals surface area contributed by atoms with Crippen LogP contribution >= 0.6 is 0 Å². The number of piperidine rings is 1. The van der Waals surface area contributed by atoms with Crippen LogP contribution in [-0.2, 0) is 0 Å². The number of aromatic nitrogens is 2. The molecule has 1 saturated heterocycles. The molecule has 3 aromatic rings. The number of benzene rings is 2. The van der Waals surface area contributed by atoms with Gasteiger partial charge < -0.3 is 5.32 Å². The number of nitrogens with zero attached hydrogens (tertiary/aromatic N) is 2. The number of aromatic amines is 1. The summed E-state index contributed by atoms with van der Waals surface area (Å²) in [4.78, 5) is 27.4. The van der Waals surface area contributed by atoms with Crippen LogP contribution < -0.4 is 10.9 Å². The zero-order valence-corrected chi connectivity index (χ0v) is 16.6. The SMILES string of the molecule is CC1CCN(C(CNC(=O)c2n[nH]c(=O)c3ccccc23)c2ccccc2)CC1. The quantitative estimate of drug-likeness (QED) is 0.702. The highest BCUT2D eigenvalue weighted by molar-refractivity contribution is 6.04. The van der Waals surface area contributed by atoms with Crippen molar-refractivity contribution in [3.63, 3.8) is 0 Å². The number of nitrogens with one attached hydrogen (secondary N) is 2. The Hall–Kier alpha value is -2.99. The van der Waals surface area contributed by atoms with Gasteiger partial charge in [-0.25, -0.2) is 5.10 Å². The summed E-state index contributed by atoms with van der Waals surface area (Å²) in [6.45, 7) is 4.84. The highest BCUT2D eigenvalue weighted by Gasteiger charge is 2.25. The number of carbonyl (C=O) groups excluding carboxylic acids is 1. The lowest BCUT2D eigenvalue weighted by Crippen LogP contribution is -2.42. The molecule has 2 heterocycles. The van der Waals surface area contributed by atoms with E-state index in [9.17, 15) is 9.59 Å². The van der Waals surface area contributed by atoms with Crippen LogP contribution in [0.1, 0.15) is 41.9 Å². The van der Waals surface area contributed by atoms with Crippen molar-refractivity contribution >= 4 is 16.7 Å². The van der Waals surface area contributed by atoms with E-state index in [2.05, 4.69) is 39.5 Å². The van der Waals surface area contributed by atoms with E-state index in [0.29, 0.717) is 17.3 Å². The first-order valence-electron chi connectivity index (χ1n) is 10.2. The van der Waals surface area contributed by atoms with E-state index in [4.69, 9.17) is 0 Å². The van der Waals surface area contributed by atoms with Gasteiger partial charge in [0.05, 0.1) is 11.4 Å². The van der Waals surface area contributed by atoms with E-state index < -0.39 is 0 Å². The summed E-state index contributed by atoms with van der Waals surface area (Å²) in [5, 5.41) is 10.5. The first-order chi connectivity index (χ1) is 14.1. The van der Waals surface area contributed by atoms with Gasteiger partial charge in [-0.2, -0.15) is 5.10 Å². The van der Waals surface area contributed by atoms with Crippen LogP contribution in [0.15, 0.2) is 59.4 Å². The molecule has 2 N–H and O–H groups in total. The number of amides is 1. The second-order valence-corrected chi connectivity index (χ2v) is 7.80. The van der Waals surface area contributed by atoms with E-state index in [1.54, 1.807) is 18.2 Å². The molecule has 0 radical (unpaired) electrons. The van der Waals surface area contributed by atoms with Crippen molar-refractivity contribution in [1.29, 1.82) is 0 Å². The molecule has 1 atom stereocenters. The van der Waals surface area contributed by atoms with E-state index >= 15 is 0 Å². The molecule has 0 spiro atoms. The lowest BCUT2D eigenvalue weighted by molar-refractivity contribution is 0.0909. The number of fused-ring (bicyclic) bond motifs is 1. The molecule has 6 heteroatoms. The fourth-order valence-corrected chi connectivity index (χ4v) is 4.03. The molecule has 0 aliphatic carbocycles. The Morgan fingerprint density at radius 2 is 1.76 bits per heavy atom. The minimum absolute atomic E-state index is 0.113. The highest BCUT2D eigenvalue weighted by Crippen LogP contribution is 2.26. The van der Waals surface area contributed by atoms with Gasteiger partial charge in [-0.15, -0.1) is 0 Å². The van der Waals surface area contributed by atoms with Crippen LogP contribution in [0.4, 0.5) is 0 Å². The molecule has 150 valence electrons. The third-order valence-corrected chi connectivity index (χ3v) is 5.81. The molecule has 1 aliphatic rings. The number of hydrogen-bond acceptors (Lipinski definition) is 4. The van der Waals surface area contributed by atoms with Crippen molar-refractivity contribution in [2.75, 3.05) is 19.6 Å². The Bertz CT molecular complexity index is 1040. The zero-order chi connectivity index (χ0) is 20.2. The second kappa shape index (κ2) is 8.57. The fraction of sp³-hybridized carbons (Fsp3) is 0.348. The molecule has 1 aliphatic heterocycles. The van der Waals surface area contributed by atoms with Crippen molar-refractivity contribution < 1.29 is 4.79 Å². The Balaban J connectivity index is 1.55. The van der Waals surface area contributed by atoms with Gasteiger partial charge in [0.1, 0.15) is 0 Å². The van der Waals surface area contributed by atoms with Crippen molar-refractivity contribution in [1.82, 2.24) is 20.4 Å². The van der Waals surface area contributed by atoms with Crippen LogP contribution in [0, 0.1) is 5.92 Å². The van der Waals surface area contributed by atoms with Crippen molar-refractivity contribution in [2.24, 2.45) is 5.92 Å². The summed E-state index contributed by atoms with van der Waals surface area (Å²) < 4.78 is 0. The first kappa shape index (κ1) is 19.3. The smallest absolute Gasteiger partial charge is 0.272 e. The van der Waals surface area contributed by atoms with Crippen LogP contribution in [-0.4, -0.2) is 40.6 Å². The Kier molecular flexibility index (Phi) is 5.71. The summed E-state index contributed by atoms with van der Waals surface area (Å²) in [6.07, 6.45) is 2.34. The van der Waals surface area contributed by atoms with Crippen LogP contribution in [0.2, 0.25) is 0 Å². The largest absolute Gasteiger partial charge is 0.349 e. The second-order valence-electron chi connectivity index (χ2n) is 7.80. The normalized spacial score (nSPS) is 16.6. The predicted molar refractivity (Wildman–Crippen MR) is 114 cm³/mol. The lowest BCUT2D eigenvalue weighted by atomic mass is 9.95. The van der Waals surface area contributed by atoms with Gasteiger partial charge in [-0.1, -0.05) is 55.5 Å². The molecular formula is C23H26N4O2. The molecule has 0 bridgehead atoms. The first-order valence-corrected chi connectivity index (χ1v) is 10.2. The van der Waals surface area contributed by atoms with Crippen LogP contribution in [0.25, 0.3) is 10.8 Å². The minimum Gasteiger partial charge on any atom is -0.349 e. The number of H-pyrrole nitrogens is 1. The summed E-state index contributed by atoms with van der Waals surface area (Å²) >= 11 is 0. The zero-order valence-electron chi connectivity index (χ0n) is 16.6. The molecule has 1 aromatic heterocycles. The van der Waals surface area contributed by atoms with Gasteiger partial charge in [-0.05, 0) is 43.5 Å². The summed E-state index contributed by atoms with van der Waals surface area (Å²) in [7, 11) is 0. The number of hydrogen-bond donors (Lipinski definition) is 2. The third kappa shape index (κ3) is 4.22. The average molecular weight is 390 g/mol. The highest BCUT2D eigenvalue weighted by atomic mass is 16.2. The Morgan fingerprint density at radius 3 is 2.48 bits per heavy atom. The Labute approximate surface area is 169 Å². The van der Waals surface area contributed by atoms with E-state index in [1.165, 1.54) is 18.4 Å². The lowest BCUT2D eigenvalue weighted by Gasteiger charge is -2.37. The van der Waals surface area contributed by atoms with E-state index in [-0.39, 0.29) is 23.2 Å². The van der Waals surface area contributed by atoms with Gasteiger partial charge in [0.2, 0.25) is 0 Å². The number of carbonyl (C=O) groups is 1. The monoisotopic (exact) mass is 390 g/mol. The summed E-state index contributed by atoms with van der Waals surface area (Å²) in [5.74, 6) is 0.470. The number of likely N-dealkylation sites (tertiary alicyclic amines) is 1. The molecule has 2 aromatic carbocycles. The Morgan fingerprint density at radius 1 is 1.10 bits per heavy atom. The molecule has 1 amide bonds. The van der Waals surface area contributed by atoms with Gasteiger partial charge in [-0.3, -0.25) is 14.5 Å². The summed E-state index contributed by atoms with van der Waals surface area (Å²) in [6, 6.07) is 17.5. The standard InChI is InChI=1S/C23H26N4O2/c1-16-11-13-27(14-12-16)20(17-7-3-2-4-8-17)15-24-23(29)21-18-9-5-6-10-19(18)22(28)26-25-21/h2-10,16,20H,11-15H2,1H3,(H,24,29)(H,26,28). The maximum Gasteiger partial charge on any atom is 0.272 e. The molecule has 6 nitrogen and oxygen atoms in total.